The Morgan fingerprint density at radius 3 is 2.77 bits per heavy atom. The Balaban J connectivity index is 1.78. The highest BCUT2D eigenvalue weighted by atomic mass is 16.2. The van der Waals surface area contributed by atoms with Crippen molar-refractivity contribution in [2.75, 3.05) is 18.4 Å². The molecule has 0 saturated carbocycles. The number of hydrogen-bond acceptors (Lipinski definition) is 3. The molecule has 5 heteroatoms. The molecule has 2 rings (SSSR count). The van der Waals surface area contributed by atoms with Gasteiger partial charge in [0.25, 0.3) is 0 Å². The molecule has 1 heterocycles. The second-order valence-corrected chi connectivity index (χ2v) is 5.96. The fourth-order valence-electron chi connectivity index (χ4n) is 2.94. The van der Waals surface area contributed by atoms with E-state index in [1.54, 1.807) is 24.3 Å². The third kappa shape index (κ3) is 4.47. The normalized spacial score (nSPS) is 20.0. The molecule has 22 heavy (non-hydrogen) atoms. The van der Waals surface area contributed by atoms with Gasteiger partial charge in [0.1, 0.15) is 0 Å². The van der Waals surface area contributed by atoms with Crippen molar-refractivity contribution in [1.29, 1.82) is 5.26 Å². The Hall–Kier alpha value is -2.06. The highest BCUT2D eigenvalue weighted by Crippen LogP contribution is 2.18. The minimum absolute atomic E-state index is 0.207. The molecule has 0 aliphatic carbocycles. The van der Waals surface area contributed by atoms with Crippen LogP contribution in [-0.4, -0.2) is 36.1 Å². The van der Waals surface area contributed by atoms with Crippen molar-refractivity contribution >= 4 is 11.7 Å². The van der Waals surface area contributed by atoms with Crippen LogP contribution in [0.1, 0.15) is 38.7 Å². The van der Waals surface area contributed by atoms with Crippen LogP contribution in [0.2, 0.25) is 0 Å². The molecule has 5 nitrogen and oxygen atoms in total. The Kier molecular flexibility index (Phi) is 5.79. The van der Waals surface area contributed by atoms with Gasteiger partial charge >= 0.3 is 6.03 Å². The van der Waals surface area contributed by atoms with E-state index in [0.29, 0.717) is 29.9 Å². The van der Waals surface area contributed by atoms with Crippen LogP contribution in [-0.2, 0) is 0 Å². The zero-order valence-corrected chi connectivity index (χ0v) is 13.3. The number of carbonyl (C=O) groups excluding carboxylic acids is 1. The summed E-state index contributed by atoms with van der Waals surface area (Å²) in [7, 11) is 0. The highest BCUT2D eigenvalue weighted by molar-refractivity contribution is 5.89. The molecule has 0 bridgehead atoms. The molecule has 2 amide bonds. The number of nitriles is 1. The molecule has 0 unspecified atom stereocenters. The van der Waals surface area contributed by atoms with Gasteiger partial charge < -0.3 is 10.6 Å². The summed E-state index contributed by atoms with van der Waals surface area (Å²) >= 11 is 0. The van der Waals surface area contributed by atoms with Gasteiger partial charge in [0.05, 0.1) is 11.6 Å². The smallest absolute Gasteiger partial charge is 0.319 e. The van der Waals surface area contributed by atoms with E-state index in [4.69, 9.17) is 5.26 Å². The first-order valence-electron chi connectivity index (χ1n) is 7.91. The molecule has 0 radical (unpaired) electrons. The SMILES string of the molecule is C[C@@H]1CCCCN1[C@H](C)CNC(=O)Nc1ccc(C#N)cc1. The summed E-state index contributed by atoms with van der Waals surface area (Å²) in [5.74, 6) is 0. The van der Waals surface area contributed by atoms with Crippen molar-refractivity contribution in [3.63, 3.8) is 0 Å². The van der Waals surface area contributed by atoms with Crippen molar-refractivity contribution in [2.45, 2.75) is 45.2 Å². The summed E-state index contributed by atoms with van der Waals surface area (Å²) in [5, 5.41) is 14.5. The lowest BCUT2D eigenvalue weighted by Gasteiger charge is -2.38. The van der Waals surface area contributed by atoms with E-state index in [-0.39, 0.29) is 6.03 Å². The van der Waals surface area contributed by atoms with Crippen molar-refractivity contribution in [3.8, 4) is 6.07 Å². The number of amides is 2. The van der Waals surface area contributed by atoms with Crippen LogP contribution in [0.25, 0.3) is 0 Å². The number of urea groups is 1. The maximum atomic E-state index is 11.9. The highest BCUT2D eigenvalue weighted by Gasteiger charge is 2.23. The Morgan fingerprint density at radius 1 is 1.41 bits per heavy atom. The van der Waals surface area contributed by atoms with E-state index in [1.807, 2.05) is 0 Å². The van der Waals surface area contributed by atoms with Gasteiger partial charge in [-0.1, -0.05) is 6.42 Å². The molecule has 1 saturated heterocycles. The van der Waals surface area contributed by atoms with E-state index in [2.05, 4.69) is 35.5 Å². The Morgan fingerprint density at radius 2 is 2.14 bits per heavy atom. The van der Waals surface area contributed by atoms with Crippen LogP contribution in [0.3, 0.4) is 0 Å². The lowest BCUT2D eigenvalue weighted by Crippen LogP contribution is -2.49. The van der Waals surface area contributed by atoms with Crippen LogP contribution < -0.4 is 10.6 Å². The molecule has 0 aromatic heterocycles. The van der Waals surface area contributed by atoms with E-state index in [9.17, 15) is 4.79 Å². The van der Waals surface area contributed by atoms with Crippen LogP contribution in [0.4, 0.5) is 10.5 Å². The summed E-state index contributed by atoms with van der Waals surface area (Å²) < 4.78 is 0. The maximum Gasteiger partial charge on any atom is 0.319 e. The second kappa shape index (κ2) is 7.81. The lowest BCUT2D eigenvalue weighted by molar-refractivity contribution is 0.114. The molecule has 1 aliphatic heterocycles. The molecule has 2 atom stereocenters. The molecular weight excluding hydrogens is 276 g/mol. The van der Waals surface area contributed by atoms with Gasteiger partial charge in [-0.3, -0.25) is 4.90 Å². The third-order valence-electron chi connectivity index (χ3n) is 4.25. The molecule has 118 valence electrons. The molecule has 1 aromatic rings. The minimum atomic E-state index is -0.207. The standard InChI is InChI=1S/C17H24N4O/c1-13-5-3-4-10-21(13)14(2)12-19-17(22)20-16-8-6-15(11-18)7-9-16/h6-9,13-14H,3-5,10,12H2,1-2H3,(H2,19,20,22)/t13-,14-/m1/s1. The van der Waals surface area contributed by atoms with E-state index in [1.165, 1.54) is 19.3 Å². The number of carbonyl (C=O) groups is 1. The first-order valence-corrected chi connectivity index (χ1v) is 7.91. The zero-order chi connectivity index (χ0) is 15.9. The van der Waals surface area contributed by atoms with Gasteiger partial charge in [-0.15, -0.1) is 0 Å². The average Bonchev–Trinajstić information content (AvgIpc) is 2.54. The first-order chi connectivity index (χ1) is 10.6. The Labute approximate surface area is 132 Å². The quantitative estimate of drug-likeness (QED) is 0.898. The summed E-state index contributed by atoms with van der Waals surface area (Å²) in [4.78, 5) is 14.4. The number of anilines is 1. The monoisotopic (exact) mass is 300 g/mol. The first kappa shape index (κ1) is 16.3. The summed E-state index contributed by atoms with van der Waals surface area (Å²) in [6.07, 6.45) is 3.78. The summed E-state index contributed by atoms with van der Waals surface area (Å²) in [5.41, 5.74) is 1.27. The number of nitrogens with one attached hydrogen (secondary N) is 2. The predicted octanol–water partition coefficient (Wildman–Crippen LogP) is 2.94. The van der Waals surface area contributed by atoms with Crippen molar-refractivity contribution in [2.24, 2.45) is 0 Å². The zero-order valence-electron chi connectivity index (χ0n) is 13.3. The number of benzene rings is 1. The summed E-state index contributed by atoms with van der Waals surface area (Å²) in [6.45, 7) is 6.16. The topological polar surface area (TPSA) is 68.2 Å². The fourth-order valence-corrected chi connectivity index (χ4v) is 2.94. The molecule has 2 N–H and O–H groups in total. The van der Waals surface area contributed by atoms with Gasteiger partial charge in [-0.2, -0.15) is 5.26 Å². The van der Waals surface area contributed by atoms with Crippen LogP contribution in [0.5, 0.6) is 0 Å². The number of hydrogen-bond donors (Lipinski definition) is 2. The maximum absolute atomic E-state index is 11.9. The van der Waals surface area contributed by atoms with E-state index >= 15 is 0 Å². The van der Waals surface area contributed by atoms with E-state index < -0.39 is 0 Å². The largest absolute Gasteiger partial charge is 0.336 e. The van der Waals surface area contributed by atoms with Crippen molar-refractivity contribution < 1.29 is 4.79 Å². The van der Waals surface area contributed by atoms with Crippen LogP contribution >= 0.6 is 0 Å². The number of nitrogens with zero attached hydrogens (tertiary/aromatic N) is 2. The van der Waals surface area contributed by atoms with Crippen molar-refractivity contribution in [3.05, 3.63) is 29.8 Å². The minimum Gasteiger partial charge on any atom is -0.336 e. The van der Waals surface area contributed by atoms with Gasteiger partial charge in [0.15, 0.2) is 0 Å². The average molecular weight is 300 g/mol. The number of likely N-dealkylation sites (tertiary alicyclic amines) is 1. The van der Waals surface area contributed by atoms with Gasteiger partial charge in [0, 0.05) is 24.3 Å². The molecule has 1 aliphatic rings. The van der Waals surface area contributed by atoms with Gasteiger partial charge in [-0.25, -0.2) is 4.79 Å². The van der Waals surface area contributed by atoms with E-state index in [0.717, 1.165) is 6.54 Å². The second-order valence-electron chi connectivity index (χ2n) is 5.96. The Bertz CT molecular complexity index is 535. The summed E-state index contributed by atoms with van der Waals surface area (Å²) in [6, 6.07) is 9.61. The lowest BCUT2D eigenvalue weighted by atomic mass is 10.0. The molecular formula is C17H24N4O. The number of piperidine rings is 1. The fraction of sp³-hybridized carbons (Fsp3) is 0.529. The van der Waals surface area contributed by atoms with Crippen LogP contribution in [0.15, 0.2) is 24.3 Å². The van der Waals surface area contributed by atoms with Crippen LogP contribution in [0, 0.1) is 11.3 Å². The third-order valence-corrected chi connectivity index (χ3v) is 4.25. The van der Waals surface area contributed by atoms with Gasteiger partial charge in [-0.05, 0) is 57.5 Å². The van der Waals surface area contributed by atoms with Gasteiger partial charge in [0.2, 0.25) is 0 Å². The molecule has 1 fully saturated rings. The molecule has 0 spiro atoms. The molecule has 1 aromatic carbocycles. The predicted molar refractivity (Wildman–Crippen MR) is 87.7 cm³/mol. The van der Waals surface area contributed by atoms with Crippen molar-refractivity contribution in [1.82, 2.24) is 10.2 Å². The number of rotatable bonds is 4.